The van der Waals surface area contributed by atoms with E-state index < -0.39 is 60.2 Å². The SMILES string of the molecule is CC1(C)C=C(CS(=O)(=O)O)c2cc3c(c4c2N1CCC4)Oc1c(cc2c4c1CCCN4C(C)(C)C=C2CS(=O)(=O)O)C31c2c(Cl)ccc(Cl)c2C(=O)N1CCOCCOCCOCCOCCC(=O)O. The van der Waals surface area contributed by atoms with Crippen LogP contribution in [0.15, 0.2) is 36.4 Å². The fourth-order valence-electron chi connectivity index (χ4n) is 11.5. The minimum Gasteiger partial charge on any atom is -0.481 e. The third-order valence-electron chi connectivity index (χ3n) is 14.0. The number of aliphatic carboxylic acids is 1. The van der Waals surface area contributed by atoms with E-state index in [1.54, 1.807) is 17.0 Å². The predicted molar refractivity (Wildman–Crippen MR) is 264 cm³/mol. The Morgan fingerprint density at radius 2 is 1.14 bits per heavy atom. The largest absolute Gasteiger partial charge is 0.481 e. The lowest BCUT2D eigenvalue weighted by Gasteiger charge is -2.52. The Morgan fingerprint density at radius 1 is 0.700 bits per heavy atom. The number of anilines is 2. The van der Waals surface area contributed by atoms with Crippen molar-refractivity contribution in [3.8, 4) is 11.5 Å². The molecule has 21 heteroatoms. The van der Waals surface area contributed by atoms with Crippen molar-refractivity contribution in [1.29, 1.82) is 0 Å². The molecule has 0 saturated heterocycles. The molecule has 0 aromatic heterocycles. The van der Waals surface area contributed by atoms with Crippen LogP contribution in [0.25, 0.3) is 11.1 Å². The molecule has 1 spiro atoms. The number of amides is 1. The molecule has 17 nitrogen and oxygen atoms in total. The zero-order valence-electron chi connectivity index (χ0n) is 39.4. The van der Waals surface area contributed by atoms with Gasteiger partial charge in [0.15, 0.2) is 0 Å². The molecule has 6 aliphatic rings. The summed E-state index contributed by atoms with van der Waals surface area (Å²) in [7, 11) is -9.11. The van der Waals surface area contributed by atoms with E-state index in [1.807, 2.05) is 52.0 Å². The van der Waals surface area contributed by atoms with Crippen LogP contribution in [0.2, 0.25) is 10.0 Å². The summed E-state index contributed by atoms with van der Waals surface area (Å²) in [5.41, 5.74) is 3.42. The molecule has 0 fully saturated rings. The molecule has 0 aliphatic carbocycles. The summed E-state index contributed by atoms with van der Waals surface area (Å²) in [5, 5.41) is 9.10. The van der Waals surface area contributed by atoms with E-state index in [1.165, 1.54) is 0 Å². The molecule has 1 amide bonds. The first kappa shape index (κ1) is 50.7. The summed E-state index contributed by atoms with van der Waals surface area (Å²) in [5.74, 6) is -1.80. The number of halogens is 2. The van der Waals surface area contributed by atoms with Crippen molar-refractivity contribution in [2.24, 2.45) is 0 Å². The highest BCUT2D eigenvalue weighted by Gasteiger charge is 2.60. The van der Waals surface area contributed by atoms with E-state index in [-0.39, 0.29) is 81.4 Å². The van der Waals surface area contributed by atoms with Crippen molar-refractivity contribution in [1.82, 2.24) is 4.90 Å². The summed E-state index contributed by atoms with van der Waals surface area (Å²) in [6.45, 7) is 10.8. The third kappa shape index (κ3) is 9.13. The summed E-state index contributed by atoms with van der Waals surface area (Å²) < 4.78 is 102. The standard InChI is InChI=1S/C49H57Cl2N3O14S2/c1-47(2)25-29(27-69(58,59)60)33-23-35-44(31-7-5-12-52(47)42(31)33)68-45-32-8-6-13-53-43(32)34(30(26-48(53,3)4)28-70(61,62)63)24-36(45)49(35)41-38(51)10-9-37(50)40(41)46(57)54(49)14-16-65-18-20-67-22-21-66-19-17-64-15-11-39(55)56/h9-10,23-26H,5-8,11-22,27-28H2,1-4H3,(H,55,56)(H,58,59,60)(H,61,62,63). The molecular formula is C49H57Cl2N3O14S2. The lowest BCUT2D eigenvalue weighted by molar-refractivity contribution is -0.138. The van der Waals surface area contributed by atoms with Gasteiger partial charge in [0.2, 0.25) is 0 Å². The van der Waals surface area contributed by atoms with Crippen LogP contribution in [0, 0.1) is 0 Å². The van der Waals surface area contributed by atoms with Crippen LogP contribution in [0.5, 0.6) is 11.5 Å². The molecule has 0 radical (unpaired) electrons. The lowest BCUT2D eigenvalue weighted by atomic mass is 9.69. The van der Waals surface area contributed by atoms with Crippen molar-refractivity contribution in [3.63, 3.8) is 0 Å². The normalized spacial score (nSPS) is 18.9. The van der Waals surface area contributed by atoms with Gasteiger partial charge in [-0.25, -0.2) is 0 Å². The topological polar surface area (TPSA) is 219 Å². The third-order valence-corrected chi connectivity index (χ3v) is 16.0. The number of carbonyl (C=O) groups is 2. The second-order valence-electron chi connectivity index (χ2n) is 19.5. The summed E-state index contributed by atoms with van der Waals surface area (Å²) >= 11 is 14.5. The molecule has 6 aliphatic heterocycles. The second-order valence-corrected chi connectivity index (χ2v) is 23.2. The monoisotopic (exact) mass is 1050 g/mol. The molecular weight excluding hydrogens is 990 g/mol. The Bertz CT molecular complexity index is 2820. The van der Waals surface area contributed by atoms with E-state index in [2.05, 4.69) is 9.80 Å². The van der Waals surface area contributed by atoms with Crippen LogP contribution in [0.4, 0.5) is 11.4 Å². The Labute approximate surface area is 417 Å². The number of nitrogens with zero attached hydrogens (tertiary/aromatic N) is 3. The number of ether oxygens (including phenoxy) is 5. The number of carboxylic acids is 1. The predicted octanol–water partition coefficient (Wildman–Crippen LogP) is 7.02. The Kier molecular flexibility index (Phi) is 13.7. The fourth-order valence-corrected chi connectivity index (χ4v) is 13.2. The van der Waals surface area contributed by atoms with Gasteiger partial charge < -0.3 is 43.5 Å². The Morgan fingerprint density at radius 3 is 1.60 bits per heavy atom. The van der Waals surface area contributed by atoms with Gasteiger partial charge in [-0.1, -0.05) is 35.4 Å². The Hall–Kier alpha value is -4.28. The average Bonchev–Trinajstić information content (AvgIpc) is 3.53. The zero-order valence-corrected chi connectivity index (χ0v) is 42.6. The van der Waals surface area contributed by atoms with Gasteiger partial charge >= 0.3 is 5.97 Å². The van der Waals surface area contributed by atoms with Gasteiger partial charge in [0.1, 0.15) is 28.5 Å². The van der Waals surface area contributed by atoms with Crippen molar-refractivity contribution in [2.75, 3.05) is 93.8 Å². The van der Waals surface area contributed by atoms with Gasteiger partial charge in [-0.3, -0.25) is 18.7 Å². The van der Waals surface area contributed by atoms with Crippen molar-refractivity contribution >= 4 is 77.8 Å². The van der Waals surface area contributed by atoms with Gasteiger partial charge in [-0.2, -0.15) is 16.8 Å². The van der Waals surface area contributed by atoms with Gasteiger partial charge in [0, 0.05) is 63.6 Å². The zero-order chi connectivity index (χ0) is 50.1. The molecule has 0 saturated carbocycles. The number of fused-ring (bicyclic) bond motifs is 8. The highest BCUT2D eigenvalue weighted by Crippen LogP contribution is 2.65. The molecule has 6 heterocycles. The van der Waals surface area contributed by atoms with E-state index >= 15 is 4.79 Å². The van der Waals surface area contributed by atoms with E-state index in [0.717, 1.165) is 35.3 Å². The molecule has 3 N–H and O–H groups in total. The van der Waals surface area contributed by atoms with Crippen LogP contribution < -0.4 is 14.5 Å². The van der Waals surface area contributed by atoms with Crippen LogP contribution in [-0.2, 0) is 62.4 Å². The molecule has 378 valence electrons. The number of carbonyl (C=O) groups excluding carboxylic acids is 1. The summed E-state index contributed by atoms with van der Waals surface area (Å²) in [6, 6.07) is 6.90. The van der Waals surface area contributed by atoms with Crippen LogP contribution in [-0.4, -0.2) is 143 Å². The quantitative estimate of drug-likeness (QED) is 0.0812. The Balaban J connectivity index is 1.19. The van der Waals surface area contributed by atoms with Gasteiger partial charge in [0.25, 0.3) is 26.1 Å². The average molecular weight is 1050 g/mol. The molecule has 70 heavy (non-hydrogen) atoms. The highest BCUT2D eigenvalue weighted by atomic mass is 35.5. The van der Waals surface area contributed by atoms with Crippen molar-refractivity contribution in [2.45, 2.75) is 76.4 Å². The first-order valence-electron chi connectivity index (χ1n) is 23.4. The minimum absolute atomic E-state index is 0.0110. The van der Waals surface area contributed by atoms with E-state index in [0.29, 0.717) is 76.4 Å². The van der Waals surface area contributed by atoms with Gasteiger partial charge in [-0.15, -0.1) is 0 Å². The molecule has 9 rings (SSSR count). The van der Waals surface area contributed by atoms with Crippen LogP contribution in [0.1, 0.15) is 96.3 Å². The summed E-state index contributed by atoms with van der Waals surface area (Å²) in [4.78, 5) is 32.3. The van der Waals surface area contributed by atoms with Crippen molar-refractivity contribution in [3.05, 3.63) is 91.0 Å². The molecule has 0 bridgehead atoms. The molecule has 3 aromatic carbocycles. The second kappa shape index (κ2) is 19.0. The van der Waals surface area contributed by atoms with Gasteiger partial charge in [0.05, 0.1) is 92.3 Å². The number of carboxylic acid groups (broad SMARTS) is 1. The summed E-state index contributed by atoms with van der Waals surface area (Å²) in [6.07, 6.45) is 6.12. The highest BCUT2D eigenvalue weighted by molar-refractivity contribution is 7.86. The maximum Gasteiger partial charge on any atom is 0.305 e. The number of hydrogen-bond acceptors (Lipinski definition) is 13. The molecule has 3 aromatic rings. The smallest absolute Gasteiger partial charge is 0.305 e. The fraction of sp³-hybridized carbons (Fsp3) is 0.510. The number of rotatable bonds is 19. The maximum atomic E-state index is 15.5. The number of hydrogen-bond donors (Lipinski definition) is 3. The van der Waals surface area contributed by atoms with Crippen LogP contribution in [0.3, 0.4) is 0 Å². The first-order chi connectivity index (χ1) is 33.0. The maximum absolute atomic E-state index is 15.5. The minimum atomic E-state index is -4.55. The lowest BCUT2D eigenvalue weighted by Crippen LogP contribution is -2.52. The first-order valence-corrected chi connectivity index (χ1v) is 27.3. The van der Waals surface area contributed by atoms with E-state index in [4.69, 9.17) is 52.0 Å². The number of benzene rings is 3. The molecule has 0 atom stereocenters. The van der Waals surface area contributed by atoms with Crippen molar-refractivity contribution < 1.29 is 64.3 Å². The molecule has 0 unspecified atom stereocenters. The van der Waals surface area contributed by atoms with E-state index in [9.17, 15) is 30.7 Å². The van der Waals surface area contributed by atoms with Crippen LogP contribution >= 0.6 is 23.2 Å². The van der Waals surface area contributed by atoms with Gasteiger partial charge in [-0.05, 0) is 88.8 Å².